The number of aryl methyl sites for hydroxylation is 1. The molecule has 4 nitrogen and oxygen atoms in total. The molecule has 0 atom stereocenters. The Morgan fingerprint density at radius 3 is 2.22 bits per heavy atom. The van der Waals surface area contributed by atoms with Crippen LogP contribution in [0.3, 0.4) is 0 Å². The molecular formula is C25H21F3N2O2. The van der Waals surface area contributed by atoms with Crippen molar-refractivity contribution in [3.63, 3.8) is 0 Å². The molecule has 0 fully saturated rings. The van der Waals surface area contributed by atoms with Crippen LogP contribution in [0.1, 0.15) is 11.1 Å². The molecule has 0 saturated carbocycles. The van der Waals surface area contributed by atoms with Crippen LogP contribution >= 0.6 is 0 Å². The van der Waals surface area contributed by atoms with Crippen molar-refractivity contribution < 1.29 is 22.6 Å². The molecule has 3 aromatic carbocycles. The summed E-state index contributed by atoms with van der Waals surface area (Å²) in [6.07, 6.45) is -2.54. The monoisotopic (exact) mass is 438 g/mol. The van der Waals surface area contributed by atoms with E-state index in [9.17, 15) is 13.2 Å². The highest BCUT2D eigenvalue weighted by molar-refractivity contribution is 5.68. The number of benzene rings is 3. The van der Waals surface area contributed by atoms with E-state index in [-0.39, 0.29) is 0 Å². The molecule has 0 spiro atoms. The normalized spacial score (nSPS) is 11.4. The summed E-state index contributed by atoms with van der Waals surface area (Å²) in [7, 11) is 3.37. The summed E-state index contributed by atoms with van der Waals surface area (Å²) in [5, 5.41) is 0. The van der Waals surface area contributed by atoms with E-state index in [2.05, 4.69) is 4.98 Å². The second kappa shape index (κ2) is 8.78. The average molecular weight is 438 g/mol. The minimum absolute atomic E-state index is 0.415. The molecule has 0 saturated heterocycles. The number of alkyl halides is 3. The van der Waals surface area contributed by atoms with Crippen LogP contribution in [-0.2, 0) is 19.8 Å². The van der Waals surface area contributed by atoms with E-state index in [1.165, 1.54) is 12.1 Å². The van der Waals surface area contributed by atoms with Gasteiger partial charge in [-0.25, -0.2) is 4.98 Å². The van der Waals surface area contributed by atoms with Crippen molar-refractivity contribution in [2.75, 3.05) is 7.11 Å². The lowest BCUT2D eigenvalue weighted by atomic mass is 10.1. The molecule has 0 bridgehead atoms. The Morgan fingerprint density at radius 2 is 1.56 bits per heavy atom. The van der Waals surface area contributed by atoms with Gasteiger partial charge in [0, 0.05) is 24.4 Å². The van der Waals surface area contributed by atoms with Gasteiger partial charge in [-0.15, -0.1) is 0 Å². The summed E-state index contributed by atoms with van der Waals surface area (Å²) in [6, 6.07) is 20.3. The van der Waals surface area contributed by atoms with Crippen molar-refractivity contribution in [3.8, 4) is 34.1 Å². The van der Waals surface area contributed by atoms with Crippen molar-refractivity contribution in [1.82, 2.24) is 9.55 Å². The molecule has 1 aromatic heterocycles. The SMILES string of the molecule is COc1cc(-c2cn(C)c(-c3ccc(C(F)(F)F)cc3)n2)ccc1OCc1ccccc1. The predicted octanol–water partition coefficient (Wildman–Crippen LogP) is 6.36. The van der Waals surface area contributed by atoms with Crippen LogP contribution in [0, 0.1) is 0 Å². The molecule has 0 radical (unpaired) electrons. The Morgan fingerprint density at radius 1 is 0.875 bits per heavy atom. The van der Waals surface area contributed by atoms with E-state index in [4.69, 9.17) is 9.47 Å². The molecule has 4 rings (SSSR count). The lowest BCUT2D eigenvalue weighted by molar-refractivity contribution is -0.137. The molecule has 0 aliphatic rings. The van der Waals surface area contributed by atoms with E-state index in [1.54, 1.807) is 18.7 Å². The summed E-state index contributed by atoms with van der Waals surface area (Å²) >= 11 is 0. The highest BCUT2D eigenvalue weighted by Crippen LogP contribution is 2.34. The quantitative estimate of drug-likeness (QED) is 0.351. The number of hydrogen-bond acceptors (Lipinski definition) is 3. The first-order valence-corrected chi connectivity index (χ1v) is 9.91. The summed E-state index contributed by atoms with van der Waals surface area (Å²) in [4.78, 5) is 4.63. The molecule has 0 aliphatic carbocycles. The van der Waals surface area contributed by atoms with Crippen LogP contribution in [0.5, 0.6) is 11.5 Å². The molecule has 0 amide bonds. The van der Waals surface area contributed by atoms with Gasteiger partial charge in [-0.05, 0) is 35.9 Å². The lowest BCUT2D eigenvalue weighted by Crippen LogP contribution is -2.04. The standard InChI is InChI=1S/C25H21F3N2O2/c1-30-15-21(29-24(30)18-8-11-20(12-9-18)25(26,27)28)19-10-13-22(23(14-19)31-2)32-16-17-6-4-3-5-7-17/h3-15H,16H2,1-2H3. The van der Waals surface area contributed by atoms with Crippen molar-refractivity contribution in [2.45, 2.75) is 12.8 Å². The fourth-order valence-corrected chi connectivity index (χ4v) is 3.36. The Balaban J connectivity index is 1.57. The molecule has 4 aromatic rings. The Hall–Kier alpha value is -3.74. The number of rotatable bonds is 6. The third kappa shape index (κ3) is 4.61. The van der Waals surface area contributed by atoms with Gasteiger partial charge in [-0.3, -0.25) is 0 Å². The maximum absolute atomic E-state index is 12.8. The summed E-state index contributed by atoms with van der Waals surface area (Å²) in [5.41, 5.74) is 2.44. The van der Waals surface area contributed by atoms with Gasteiger partial charge in [0.1, 0.15) is 12.4 Å². The zero-order chi connectivity index (χ0) is 22.7. The van der Waals surface area contributed by atoms with Crippen LogP contribution in [0.15, 0.2) is 79.0 Å². The number of halogens is 3. The maximum atomic E-state index is 12.8. The second-order valence-electron chi connectivity index (χ2n) is 7.28. The smallest absolute Gasteiger partial charge is 0.416 e. The molecule has 1 heterocycles. The third-order valence-corrected chi connectivity index (χ3v) is 5.04. The largest absolute Gasteiger partial charge is 0.493 e. The van der Waals surface area contributed by atoms with Gasteiger partial charge in [-0.2, -0.15) is 13.2 Å². The van der Waals surface area contributed by atoms with Gasteiger partial charge in [0.15, 0.2) is 11.5 Å². The van der Waals surface area contributed by atoms with Gasteiger partial charge in [0.2, 0.25) is 0 Å². The van der Waals surface area contributed by atoms with Crippen LogP contribution < -0.4 is 9.47 Å². The molecule has 164 valence electrons. The number of methoxy groups -OCH3 is 1. The van der Waals surface area contributed by atoms with Gasteiger partial charge in [-0.1, -0.05) is 42.5 Å². The summed E-state index contributed by atoms with van der Waals surface area (Å²) in [6.45, 7) is 0.415. The van der Waals surface area contributed by atoms with Gasteiger partial charge < -0.3 is 14.0 Å². The van der Waals surface area contributed by atoms with Crippen LogP contribution in [0.4, 0.5) is 13.2 Å². The number of ether oxygens (including phenoxy) is 2. The van der Waals surface area contributed by atoms with E-state index in [0.29, 0.717) is 35.2 Å². The highest BCUT2D eigenvalue weighted by Gasteiger charge is 2.30. The van der Waals surface area contributed by atoms with Crippen LogP contribution in [0.25, 0.3) is 22.6 Å². The molecule has 0 aliphatic heterocycles. The van der Waals surface area contributed by atoms with E-state index in [1.807, 2.05) is 54.7 Å². The first kappa shape index (κ1) is 21.5. The Labute approximate surface area is 183 Å². The van der Waals surface area contributed by atoms with Gasteiger partial charge in [0.05, 0.1) is 18.4 Å². The molecule has 7 heteroatoms. The zero-order valence-electron chi connectivity index (χ0n) is 17.6. The molecule has 32 heavy (non-hydrogen) atoms. The molecular weight excluding hydrogens is 417 g/mol. The second-order valence-corrected chi connectivity index (χ2v) is 7.28. The number of nitrogens with zero attached hydrogens (tertiary/aromatic N) is 2. The van der Waals surface area contributed by atoms with Crippen LogP contribution in [0.2, 0.25) is 0 Å². The van der Waals surface area contributed by atoms with Crippen LogP contribution in [-0.4, -0.2) is 16.7 Å². The van der Waals surface area contributed by atoms with E-state index in [0.717, 1.165) is 23.3 Å². The fourth-order valence-electron chi connectivity index (χ4n) is 3.36. The number of imidazole rings is 1. The van der Waals surface area contributed by atoms with E-state index < -0.39 is 11.7 Å². The average Bonchev–Trinajstić information content (AvgIpc) is 3.19. The van der Waals surface area contributed by atoms with E-state index >= 15 is 0 Å². The molecule has 0 unspecified atom stereocenters. The van der Waals surface area contributed by atoms with Gasteiger partial charge in [0.25, 0.3) is 0 Å². The highest BCUT2D eigenvalue weighted by atomic mass is 19.4. The maximum Gasteiger partial charge on any atom is 0.416 e. The predicted molar refractivity (Wildman–Crippen MR) is 116 cm³/mol. The fraction of sp³-hybridized carbons (Fsp3) is 0.160. The Kier molecular flexibility index (Phi) is 5.90. The van der Waals surface area contributed by atoms with Crippen molar-refractivity contribution >= 4 is 0 Å². The van der Waals surface area contributed by atoms with Crippen molar-refractivity contribution in [1.29, 1.82) is 0 Å². The topological polar surface area (TPSA) is 36.3 Å². The van der Waals surface area contributed by atoms with Crippen molar-refractivity contribution in [2.24, 2.45) is 7.05 Å². The third-order valence-electron chi connectivity index (χ3n) is 5.04. The number of aromatic nitrogens is 2. The van der Waals surface area contributed by atoms with Gasteiger partial charge >= 0.3 is 6.18 Å². The summed E-state index contributed by atoms with van der Waals surface area (Å²) in [5.74, 6) is 1.75. The zero-order valence-corrected chi connectivity index (χ0v) is 17.6. The Bertz CT molecular complexity index is 1200. The lowest BCUT2D eigenvalue weighted by Gasteiger charge is -2.12. The number of hydrogen-bond donors (Lipinski definition) is 0. The summed E-state index contributed by atoms with van der Waals surface area (Å²) < 4.78 is 51.7. The first-order valence-electron chi connectivity index (χ1n) is 9.91. The first-order chi connectivity index (χ1) is 15.3. The minimum Gasteiger partial charge on any atom is -0.493 e. The van der Waals surface area contributed by atoms with Crippen molar-refractivity contribution in [3.05, 3.63) is 90.1 Å². The molecule has 0 N–H and O–H groups in total. The minimum atomic E-state index is -4.37.